The molecule has 0 spiro atoms. The van der Waals surface area contributed by atoms with E-state index in [1.165, 1.54) is 86.0 Å². The Kier molecular flexibility index (Phi) is 6.16. The number of hydrogen-bond donors (Lipinski definition) is 0. The summed E-state index contributed by atoms with van der Waals surface area (Å²) in [6, 6.07) is 66.6. The summed E-state index contributed by atoms with van der Waals surface area (Å²) in [6.45, 7) is 0. The summed E-state index contributed by atoms with van der Waals surface area (Å²) in [4.78, 5) is 0. The lowest BCUT2D eigenvalue weighted by atomic mass is 10.0. The molecule has 0 saturated carbocycles. The molecule has 0 fully saturated rings. The minimum Gasteiger partial charge on any atom is -0.309 e. The number of para-hydroxylation sites is 2. The number of fused-ring (bicyclic) bond motifs is 10. The van der Waals surface area contributed by atoms with Gasteiger partial charge < -0.3 is 9.13 Å². The molecule has 3 heterocycles. The van der Waals surface area contributed by atoms with Gasteiger partial charge in [0.2, 0.25) is 0 Å². The molecule has 0 unspecified atom stereocenters. The number of hydrogen-bond acceptors (Lipinski definition) is 1. The zero-order chi connectivity index (χ0) is 33.5. The van der Waals surface area contributed by atoms with Gasteiger partial charge in [-0.1, -0.05) is 121 Å². The Labute approximate surface area is 298 Å². The minimum atomic E-state index is 1.16. The Morgan fingerprint density at radius 3 is 1.71 bits per heavy atom. The summed E-state index contributed by atoms with van der Waals surface area (Å²) < 4.78 is 7.57. The first kappa shape index (κ1) is 28.4. The molecule has 0 aliphatic carbocycles. The first-order chi connectivity index (χ1) is 25.3. The van der Waals surface area contributed by atoms with Crippen molar-refractivity contribution in [3.05, 3.63) is 182 Å². The zero-order valence-corrected chi connectivity index (χ0v) is 28.4. The predicted octanol–water partition coefficient (Wildman–Crippen LogP) is 13.6. The first-order valence-corrected chi connectivity index (χ1v) is 18.3. The summed E-state index contributed by atoms with van der Waals surface area (Å²) in [5.41, 5.74) is 12.1. The normalized spacial score (nSPS) is 11.9. The van der Waals surface area contributed by atoms with Crippen LogP contribution < -0.4 is 0 Å². The predicted molar refractivity (Wildman–Crippen MR) is 219 cm³/mol. The molecule has 0 bridgehead atoms. The number of benzene rings is 8. The van der Waals surface area contributed by atoms with Crippen LogP contribution in [-0.4, -0.2) is 9.13 Å². The molecular formula is C48H30N2S. The molecule has 0 aliphatic rings. The number of thiophene rings is 1. The van der Waals surface area contributed by atoms with Crippen molar-refractivity contribution in [2.75, 3.05) is 0 Å². The monoisotopic (exact) mass is 666 g/mol. The molecule has 3 heteroatoms. The van der Waals surface area contributed by atoms with Crippen LogP contribution in [0.15, 0.2) is 182 Å². The second-order valence-corrected chi connectivity index (χ2v) is 14.4. The highest BCUT2D eigenvalue weighted by atomic mass is 32.1. The van der Waals surface area contributed by atoms with E-state index >= 15 is 0 Å². The quantitative estimate of drug-likeness (QED) is 0.177. The first-order valence-electron chi connectivity index (χ1n) is 17.4. The summed E-state index contributed by atoms with van der Waals surface area (Å²) in [7, 11) is 0. The average molecular weight is 667 g/mol. The van der Waals surface area contributed by atoms with Gasteiger partial charge >= 0.3 is 0 Å². The Hall–Kier alpha value is -6.42. The molecule has 0 atom stereocenters. The van der Waals surface area contributed by atoms with Crippen molar-refractivity contribution in [2.24, 2.45) is 0 Å². The summed E-state index contributed by atoms with van der Waals surface area (Å²) in [5.74, 6) is 0. The average Bonchev–Trinajstić information content (AvgIpc) is 3.85. The molecular weight excluding hydrogens is 637 g/mol. The standard InChI is InChI=1S/C48H30N2S/c1-4-13-31(14-5-1)33-17-12-20-36(27-33)49-42-22-11-10-21-37(42)39-29-40-38-24-26-46-47(41-28-34(23-25-45(41)51-46)32-15-6-2-7-16-32)48(38)50(44(40)30-43(39)49)35-18-8-3-9-19-35/h1-30H. The van der Waals surface area contributed by atoms with Gasteiger partial charge in [0, 0.05) is 53.1 Å². The Morgan fingerprint density at radius 2 is 0.922 bits per heavy atom. The highest BCUT2D eigenvalue weighted by Crippen LogP contribution is 2.46. The number of rotatable bonds is 4. The van der Waals surface area contributed by atoms with Gasteiger partial charge in [0.25, 0.3) is 0 Å². The third-order valence-electron chi connectivity index (χ3n) is 10.5. The van der Waals surface area contributed by atoms with E-state index in [0.717, 1.165) is 11.4 Å². The van der Waals surface area contributed by atoms with Gasteiger partial charge in [-0.15, -0.1) is 11.3 Å². The van der Waals surface area contributed by atoms with Gasteiger partial charge in [0.15, 0.2) is 0 Å². The Morgan fingerprint density at radius 1 is 0.314 bits per heavy atom. The third-order valence-corrected chi connectivity index (χ3v) is 11.6. The molecule has 0 aliphatic heterocycles. The SMILES string of the molecule is c1ccc(-c2cccc(-n3c4ccccc4c4cc5c6ccc7sc8ccc(-c9ccccc9)cc8c7c6n(-c6ccccc6)c5cc43)c2)cc1. The fourth-order valence-corrected chi connectivity index (χ4v) is 9.30. The maximum absolute atomic E-state index is 2.51. The van der Waals surface area contributed by atoms with Gasteiger partial charge in [0.1, 0.15) is 0 Å². The van der Waals surface area contributed by atoms with E-state index in [9.17, 15) is 0 Å². The smallest absolute Gasteiger partial charge is 0.0634 e. The second-order valence-electron chi connectivity index (χ2n) is 13.3. The maximum Gasteiger partial charge on any atom is 0.0634 e. The fourth-order valence-electron chi connectivity index (χ4n) is 8.21. The molecule has 2 nitrogen and oxygen atoms in total. The van der Waals surface area contributed by atoms with Crippen LogP contribution in [0, 0.1) is 0 Å². The van der Waals surface area contributed by atoms with Gasteiger partial charge in [0.05, 0.1) is 22.1 Å². The van der Waals surface area contributed by atoms with E-state index in [-0.39, 0.29) is 0 Å². The van der Waals surface area contributed by atoms with E-state index in [1.807, 2.05) is 11.3 Å². The lowest BCUT2D eigenvalue weighted by molar-refractivity contribution is 1.17. The maximum atomic E-state index is 2.51. The summed E-state index contributed by atoms with van der Waals surface area (Å²) in [6.07, 6.45) is 0. The van der Waals surface area contributed by atoms with Crippen molar-refractivity contribution < 1.29 is 0 Å². The summed E-state index contributed by atoms with van der Waals surface area (Å²) >= 11 is 1.88. The number of aromatic nitrogens is 2. The van der Waals surface area contributed by atoms with Crippen molar-refractivity contribution in [1.82, 2.24) is 9.13 Å². The van der Waals surface area contributed by atoms with Crippen LogP contribution in [0.1, 0.15) is 0 Å². The molecule has 0 amide bonds. The van der Waals surface area contributed by atoms with Crippen LogP contribution >= 0.6 is 11.3 Å². The third kappa shape index (κ3) is 4.29. The van der Waals surface area contributed by atoms with Crippen molar-refractivity contribution in [2.45, 2.75) is 0 Å². The van der Waals surface area contributed by atoms with Crippen LogP contribution in [0.3, 0.4) is 0 Å². The summed E-state index contributed by atoms with van der Waals surface area (Å²) in [5, 5.41) is 7.68. The Bertz CT molecular complexity index is 3110. The van der Waals surface area contributed by atoms with Crippen LogP contribution in [-0.2, 0) is 0 Å². The zero-order valence-electron chi connectivity index (χ0n) is 27.6. The highest BCUT2D eigenvalue weighted by Gasteiger charge is 2.22. The molecule has 8 aromatic carbocycles. The van der Waals surface area contributed by atoms with Crippen LogP contribution in [0.2, 0.25) is 0 Å². The van der Waals surface area contributed by atoms with Crippen LogP contribution in [0.4, 0.5) is 0 Å². The second kappa shape index (κ2) is 11.0. The molecule has 51 heavy (non-hydrogen) atoms. The van der Waals surface area contributed by atoms with Crippen LogP contribution in [0.5, 0.6) is 0 Å². The van der Waals surface area contributed by atoms with E-state index in [1.54, 1.807) is 0 Å². The van der Waals surface area contributed by atoms with E-state index < -0.39 is 0 Å². The van der Waals surface area contributed by atoms with Crippen molar-refractivity contribution in [1.29, 1.82) is 0 Å². The lowest BCUT2D eigenvalue weighted by Gasteiger charge is -2.12. The molecule has 11 aromatic rings. The molecule has 0 saturated heterocycles. The molecule has 0 radical (unpaired) electrons. The molecule has 11 rings (SSSR count). The minimum absolute atomic E-state index is 1.16. The van der Waals surface area contributed by atoms with E-state index in [2.05, 4.69) is 191 Å². The largest absolute Gasteiger partial charge is 0.309 e. The van der Waals surface area contributed by atoms with E-state index in [0.29, 0.717) is 0 Å². The molecule has 0 N–H and O–H groups in total. The van der Waals surface area contributed by atoms with Gasteiger partial charge in [-0.2, -0.15) is 0 Å². The highest BCUT2D eigenvalue weighted by molar-refractivity contribution is 7.26. The van der Waals surface area contributed by atoms with Crippen molar-refractivity contribution in [3.63, 3.8) is 0 Å². The fraction of sp³-hybridized carbons (Fsp3) is 0. The van der Waals surface area contributed by atoms with Crippen molar-refractivity contribution in [3.8, 4) is 33.6 Å². The molecule has 238 valence electrons. The topological polar surface area (TPSA) is 9.86 Å². The van der Waals surface area contributed by atoms with Gasteiger partial charge in [-0.3, -0.25) is 0 Å². The molecule has 3 aromatic heterocycles. The van der Waals surface area contributed by atoms with Gasteiger partial charge in [-0.25, -0.2) is 0 Å². The van der Waals surface area contributed by atoms with Gasteiger partial charge in [-0.05, 0) is 82.9 Å². The Balaban J connectivity index is 1.27. The lowest BCUT2D eigenvalue weighted by Crippen LogP contribution is -1.96. The van der Waals surface area contributed by atoms with Crippen LogP contribution in [0.25, 0.3) is 97.4 Å². The number of nitrogens with zero attached hydrogens (tertiary/aromatic N) is 2. The van der Waals surface area contributed by atoms with Crippen molar-refractivity contribution >= 4 is 75.1 Å². The van der Waals surface area contributed by atoms with E-state index in [4.69, 9.17) is 0 Å².